The van der Waals surface area contributed by atoms with Gasteiger partial charge in [0.15, 0.2) is 0 Å². The molecule has 3 aromatic rings. The van der Waals surface area contributed by atoms with Crippen LogP contribution in [0.15, 0.2) is 41.5 Å². The van der Waals surface area contributed by atoms with Crippen LogP contribution in [-0.2, 0) is 0 Å². The molecule has 2 aromatic carbocycles. The van der Waals surface area contributed by atoms with Gasteiger partial charge < -0.3 is 0 Å². The van der Waals surface area contributed by atoms with Crippen molar-refractivity contribution in [1.29, 1.82) is 0 Å². The predicted octanol–water partition coefficient (Wildman–Crippen LogP) is 3.90. The third-order valence-electron chi connectivity index (χ3n) is 3.93. The third kappa shape index (κ3) is 3.57. The van der Waals surface area contributed by atoms with Gasteiger partial charge in [0.25, 0.3) is 0 Å². The summed E-state index contributed by atoms with van der Waals surface area (Å²) in [5.41, 5.74) is 3.07. The Bertz CT molecular complexity index is 849. The van der Waals surface area contributed by atoms with Gasteiger partial charge in [-0.15, -0.1) is 0 Å². The van der Waals surface area contributed by atoms with E-state index in [2.05, 4.69) is 4.98 Å². The normalized spacial score (nSPS) is 10.5. The van der Waals surface area contributed by atoms with E-state index in [0.29, 0.717) is 23.9 Å². The quantitative estimate of drug-likeness (QED) is 0.545. The minimum absolute atomic E-state index is 0.137. The zero-order valence-corrected chi connectivity index (χ0v) is 17.0. The van der Waals surface area contributed by atoms with E-state index in [4.69, 9.17) is 18.9 Å². The zero-order chi connectivity index (χ0) is 18.5. The first-order valence-electron chi connectivity index (χ1n) is 8.18. The van der Waals surface area contributed by atoms with Gasteiger partial charge in [0.1, 0.15) is 0 Å². The summed E-state index contributed by atoms with van der Waals surface area (Å²) in [7, 11) is 4.85. The molecule has 5 nitrogen and oxygen atoms in total. The Labute approximate surface area is 159 Å². The molecule has 0 aliphatic carbocycles. The van der Waals surface area contributed by atoms with E-state index in [0.717, 1.165) is 22.6 Å². The molecule has 26 heavy (non-hydrogen) atoms. The fourth-order valence-corrected chi connectivity index (χ4v) is 4.42. The molecule has 3 rings (SSSR count). The SMILES string of the molecule is CCOc1ccc(-c2nc[se]c2-c2cc(OC)c(OC)c(OC)c2)cc1. The fraction of sp³-hybridized carbons (Fsp3) is 0.250. The van der Waals surface area contributed by atoms with E-state index in [1.54, 1.807) is 21.3 Å². The molecule has 0 saturated carbocycles. The first kappa shape index (κ1) is 18.4. The van der Waals surface area contributed by atoms with Crippen LogP contribution in [0.3, 0.4) is 0 Å². The minimum atomic E-state index is 0.137. The van der Waals surface area contributed by atoms with E-state index < -0.39 is 0 Å². The van der Waals surface area contributed by atoms with Gasteiger partial charge in [-0.3, -0.25) is 0 Å². The summed E-state index contributed by atoms with van der Waals surface area (Å²) in [6.07, 6.45) is 0. The van der Waals surface area contributed by atoms with Crippen LogP contribution in [0.4, 0.5) is 0 Å². The molecule has 0 saturated heterocycles. The van der Waals surface area contributed by atoms with E-state index in [1.165, 1.54) is 4.44 Å². The van der Waals surface area contributed by atoms with E-state index in [-0.39, 0.29) is 14.5 Å². The number of benzene rings is 2. The Hall–Kier alpha value is -2.43. The number of rotatable bonds is 7. The molecule has 0 aliphatic heterocycles. The molecule has 1 heterocycles. The van der Waals surface area contributed by atoms with Crippen LogP contribution in [0, 0.1) is 0 Å². The van der Waals surface area contributed by atoms with Crippen molar-refractivity contribution in [2.24, 2.45) is 0 Å². The molecule has 0 amide bonds. The summed E-state index contributed by atoms with van der Waals surface area (Å²) >= 11 is 0.137. The van der Waals surface area contributed by atoms with E-state index in [1.807, 2.05) is 48.4 Å². The molecule has 0 bridgehead atoms. The topological polar surface area (TPSA) is 49.8 Å². The van der Waals surface area contributed by atoms with Crippen molar-refractivity contribution >= 4 is 14.5 Å². The molecule has 1 aromatic heterocycles. The number of aromatic nitrogens is 1. The van der Waals surface area contributed by atoms with Crippen LogP contribution < -0.4 is 18.9 Å². The molecule has 6 heteroatoms. The average molecular weight is 418 g/mol. The van der Waals surface area contributed by atoms with Gasteiger partial charge in [0.2, 0.25) is 0 Å². The molecule has 136 valence electrons. The summed E-state index contributed by atoms with van der Waals surface area (Å²) < 4.78 is 23.1. The molecule has 0 atom stereocenters. The van der Waals surface area contributed by atoms with E-state index >= 15 is 0 Å². The van der Waals surface area contributed by atoms with Crippen LogP contribution in [0.1, 0.15) is 6.92 Å². The number of hydrogen-bond acceptors (Lipinski definition) is 5. The van der Waals surface area contributed by atoms with Crippen LogP contribution in [-0.4, -0.2) is 47.4 Å². The molecular formula is C20H21NO4Se. The molecule has 0 spiro atoms. The zero-order valence-electron chi connectivity index (χ0n) is 15.2. The predicted molar refractivity (Wildman–Crippen MR) is 103 cm³/mol. The van der Waals surface area contributed by atoms with Crippen molar-refractivity contribution in [1.82, 2.24) is 4.98 Å². The Morgan fingerprint density at radius 3 is 2.08 bits per heavy atom. The first-order valence-corrected chi connectivity index (χ1v) is 10.0. The molecule has 0 aliphatic rings. The summed E-state index contributed by atoms with van der Waals surface area (Å²) in [5, 5.41) is 1.98. The molecule has 0 fully saturated rings. The van der Waals surface area contributed by atoms with Crippen molar-refractivity contribution in [2.45, 2.75) is 6.92 Å². The van der Waals surface area contributed by atoms with Gasteiger partial charge in [0, 0.05) is 0 Å². The summed E-state index contributed by atoms with van der Waals surface area (Å²) in [6, 6.07) is 12.0. The maximum absolute atomic E-state index is 5.52. The van der Waals surface area contributed by atoms with Crippen LogP contribution in [0.5, 0.6) is 23.0 Å². The van der Waals surface area contributed by atoms with Crippen LogP contribution in [0.2, 0.25) is 0 Å². The number of nitrogens with zero attached hydrogens (tertiary/aromatic N) is 1. The van der Waals surface area contributed by atoms with Gasteiger partial charge >= 0.3 is 159 Å². The van der Waals surface area contributed by atoms with Gasteiger partial charge in [-0.2, -0.15) is 0 Å². The van der Waals surface area contributed by atoms with Crippen molar-refractivity contribution in [2.75, 3.05) is 27.9 Å². The second-order valence-electron chi connectivity index (χ2n) is 5.40. The molecule has 0 N–H and O–H groups in total. The number of hydrogen-bond donors (Lipinski definition) is 0. The maximum atomic E-state index is 5.52. The Kier molecular flexibility index (Phi) is 5.86. The molecular weight excluding hydrogens is 397 g/mol. The Balaban J connectivity index is 2.05. The number of methoxy groups -OCH3 is 3. The third-order valence-corrected chi connectivity index (χ3v) is 5.77. The van der Waals surface area contributed by atoms with Crippen molar-refractivity contribution in [3.05, 3.63) is 41.5 Å². The summed E-state index contributed by atoms with van der Waals surface area (Å²) in [5.74, 6) is 2.73. The summed E-state index contributed by atoms with van der Waals surface area (Å²) in [4.78, 5) is 4.62. The standard InChI is InChI=1S/C20H21NO4Se/c1-5-25-15-8-6-13(7-9-15)18-20(26-12-21-18)14-10-16(22-2)19(24-4)17(11-14)23-3/h6-12H,5H2,1-4H3. The second kappa shape index (κ2) is 8.30. The molecule has 0 unspecified atom stereocenters. The van der Waals surface area contributed by atoms with Gasteiger partial charge in [-0.05, 0) is 0 Å². The fourth-order valence-electron chi connectivity index (χ4n) is 2.74. The van der Waals surface area contributed by atoms with E-state index in [9.17, 15) is 0 Å². The van der Waals surface area contributed by atoms with Crippen molar-refractivity contribution in [3.63, 3.8) is 0 Å². The van der Waals surface area contributed by atoms with Gasteiger partial charge in [0.05, 0.1) is 0 Å². The van der Waals surface area contributed by atoms with Crippen LogP contribution >= 0.6 is 0 Å². The van der Waals surface area contributed by atoms with Crippen LogP contribution in [0.25, 0.3) is 21.3 Å². The second-order valence-corrected chi connectivity index (χ2v) is 7.19. The summed E-state index contributed by atoms with van der Waals surface area (Å²) in [6.45, 7) is 2.63. The Morgan fingerprint density at radius 1 is 0.885 bits per heavy atom. The van der Waals surface area contributed by atoms with Crippen molar-refractivity contribution in [3.8, 4) is 44.3 Å². The first-order chi connectivity index (χ1) is 12.7. The average Bonchev–Trinajstić information content (AvgIpc) is 3.17. The van der Waals surface area contributed by atoms with Gasteiger partial charge in [-0.25, -0.2) is 0 Å². The molecule has 0 radical (unpaired) electrons. The number of ether oxygens (including phenoxy) is 4. The van der Waals surface area contributed by atoms with Gasteiger partial charge in [-0.1, -0.05) is 0 Å². The van der Waals surface area contributed by atoms with Crippen molar-refractivity contribution < 1.29 is 18.9 Å². The monoisotopic (exact) mass is 419 g/mol. The Morgan fingerprint density at radius 2 is 1.54 bits per heavy atom.